The fourth-order valence-corrected chi connectivity index (χ4v) is 1.47. The quantitative estimate of drug-likeness (QED) is 0.493. The predicted molar refractivity (Wildman–Crippen MR) is 72.5 cm³/mol. The molecule has 0 aliphatic carbocycles. The molecule has 0 saturated heterocycles. The van der Waals surface area contributed by atoms with Crippen molar-refractivity contribution in [2.75, 3.05) is 0 Å². The third-order valence-electron chi connectivity index (χ3n) is 2.41. The first kappa shape index (κ1) is 13.9. The molecule has 0 unspecified atom stereocenters. The van der Waals surface area contributed by atoms with Gasteiger partial charge in [0.15, 0.2) is 0 Å². The number of nitrogens with two attached hydrogens (primary N) is 1. The van der Waals surface area contributed by atoms with E-state index in [0.29, 0.717) is 5.69 Å². The third-order valence-corrected chi connectivity index (χ3v) is 2.41. The van der Waals surface area contributed by atoms with Crippen molar-refractivity contribution in [1.82, 2.24) is 0 Å². The number of aryl methyl sites for hydroxylation is 1. The summed E-state index contributed by atoms with van der Waals surface area (Å²) in [5, 5.41) is 10.7. The van der Waals surface area contributed by atoms with Crippen molar-refractivity contribution in [3.63, 3.8) is 0 Å². The Hall–Kier alpha value is -2.17. The molecule has 18 heavy (non-hydrogen) atoms. The van der Waals surface area contributed by atoms with Gasteiger partial charge in [0.1, 0.15) is 6.21 Å². The van der Waals surface area contributed by atoms with Gasteiger partial charge in [0.2, 0.25) is 0 Å². The van der Waals surface area contributed by atoms with Crippen LogP contribution < -0.4 is 5.73 Å². The molecule has 1 rings (SSSR count). The van der Waals surface area contributed by atoms with E-state index in [-0.39, 0.29) is 11.4 Å². The molecule has 0 aromatic heterocycles. The summed E-state index contributed by atoms with van der Waals surface area (Å²) in [4.78, 5) is 14.2. The van der Waals surface area contributed by atoms with Crippen molar-refractivity contribution >= 4 is 11.9 Å². The molecule has 0 bridgehead atoms. The molecule has 5 heteroatoms. The zero-order chi connectivity index (χ0) is 13.5. The number of rotatable bonds is 5. The molecular weight excluding hydrogens is 230 g/mol. The van der Waals surface area contributed by atoms with Crippen LogP contribution >= 0.6 is 0 Å². The Balaban J connectivity index is 2.84. The summed E-state index contributed by atoms with van der Waals surface area (Å²) in [7, 11) is 0. The van der Waals surface area contributed by atoms with Gasteiger partial charge in [0.25, 0.3) is 0 Å². The lowest BCUT2D eigenvalue weighted by molar-refractivity contribution is -0.415. The molecule has 0 radical (unpaired) electrons. The molecule has 0 saturated carbocycles. The fourth-order valence-electron chi connectivity index (χ4n) is 1.47. The largest absolute Gasteiger partial charge is 0.397 e. The Bertz CT molecular complexity index is 472. The van der Waals surface area contributed by atoms with Crippen LogP contribution in [-0.2, 0) is 6.42 Å². The van der Waals surface area contributed by atoms with E-state index >= 15 is 0 Å². The minimum Gasteiger partial charge on any atom is -0.397 e. The van der Waals surface area contributed by atoms with Crippen LogP contribution in [0.15, 0.2) is 40.7 Å². The number of allylic oxidation sites excluding steroid dienone is 2. The second kappa shape index (κ2) is 6.54. The van der Waals surface area contributed by atoms with Gasteiger partial charge in [0.05, 0.1) is 16.3 Å². The van der Waals surface area contributed by atoms with E-state index in [1.54, 1.807) is 0 Å². The number of nitrogens with zero attached hydrogens (tertiary/aromatic N) is 2. The number of benzene rings is 1. The Morgan fingerprint density at radius 3 is 2.50 bits per heavy atom. The standard InChI is InChI=1S/C13H17N3O2/c1-3-4-11-5-7-12(8-6-11)15-9-13(10(2)14)16(17)18/h5-9H,3-4,14H2,1-2H3/b13-10+,15-9?. The first-order valence-electron chi connectivity index (χ1n) is 5.78. The third kappa shape index (κ3) is 4.01. The average molecular weight is 247 g/mol. The summed E-state index contributed by atoms with van der Waals surface area (Å²) < 4.78 is 0. The molecule has 2 N–H and O–H groups in total. The summed E-state index contributed by atoms with van der Waals surface area (Å²) in [5.74, 6) is 0. The molecule has 0 aliphatic rings. The van der Waals surface area contributed by atoms with Crippen molar-refractivity contribution in [1.29, 1.82) is 0 Å². The number of aliphatic imine (C=N–C) groups is 1. The van der Waals surface area contributed by atoms with E-state index in [0.717, 1.165) is 12.8 Å². The summed E-state index contributed by atoms with van der Waals surface area (Å²) >= 11 is 0. The van der Waals surface area contributed by atoms with Crippen LogP contribution in [0.4, 0.5) is 5.69 Å². The first-order chi connectivity index (χ1) is 8.54. The van der Waals surface area contributed by atoms with E-state index in [2.05, 4.69) is 11.9 Å². The predicted octanol–water partition coefficient (Wildman–Crippen LogP) is 2.81. The molecule has 0 fully saturated rings. The normalized spacial score (nSPS) is 12.6. The Morgan fingerprint density at radius 2 is 2.06 bits per heavy atom. The molecule has 0 heterocycles. The monoisotopic (exact) mass is 247 g/mol. The molecule has 1 aromatic rings. The van der Waals surface area contributed by atoms with Crippen LogP contribution in [0, 0.1) is 10.1 Å². The van der Waals surface area contributed by atoms with E-state index in [4.69, 9.17) is 5.73 Å². The SMILES string of the molecule is CCCc1ccc(N=C/C(=C(/C)N)[N+](=O)[O-])cc1. The van der Waals surface area contributed by atoms with Crippen molar-refractivity contribution < 1.29 is 4.92 Å². The lowest BCUT2D eigenvalue weighted by atomic mass is 10.1. The zero-order valence-electron chi connectivity index (χ0n) is 10.6. The van der Waals surface area contributed by atoms with Crippen LogP contribution in [0.3, 0.4) is 0 Å². The highest BCUT2D eigenvalue weighted by Crippen LogP contribution is 2.14. The zero-order valence-corrected chi connectivity index (χ0v) is 10.6. The highest BCUT2D eigenvalue weighted by Gasteiger charge is 2.09. The molecule has 0 amide bonds. The summed E-state index contributed by atoms with van der Waals surface area (Å²) in [6, 6.07) is 7.62. The second-order valence-corrected chi connectivity index (χ2v) is 4.00. The average Bonchev–Trinajstić information content (AvgIpc) is 2.31. The summed E-state index contributed by atoms with van der Waals surface area (Å²) in [6.45, 7) is 3.60. The van der Waals surface area contributed by atoms with E-state index in [1.165, 1.54) is 18.7 Å². The van der Waals surface area contributed by atoms with Crippen molar-refractivity contribution in [2.45, 2.75) is 26.7 Å². The molecule has 0 spiro atoms. The van der Waals surface area contributed by atoms with Crippen LogP contribution in [-0.4, -0.2) is 11.1 Å². The number of hydrogen-bond acceptors (Lipinski definition) is 4. The smallest absolute Gasteiger partial charge is 0.305 e. The maximum Gasteiger partial charge on any atom is 0.305 e. The van der Waals surface area contributed by atoms with Gasteiger partial charge in [0, 0.05) is 0 Å². The Morgan fingerprint density at radius 1 is 1.44 bits per heavy atom. The minimum atomic E-state index is -0.537. The fraction of sp³-hybridized carbons (Fsp3) is 0.308. The maximum atomic E-state index is 10.7. The lowest BCUT2D eigenvalue weighted by Gasteiger charge is -1.99. The van der Waals surface area contributed by atoms with Crippen LogP contribution in [0.5, 0.6) is 0 Å². The maximum absolute atomic E-state index is 10.7. The van der Waals surface area contributed by atoms with Crippen LogP contribution in [0.1, 0.15) is 25.8 Å². The molecule has 1 aromatic carbocycles. The highest BCUT2D eigenvalue weighted by molar-refractivity contribution is 5.78. The van der Waals surface area contributed by atoms with Crippen molar-refractivity contribution in [3.8, 4) is 0 Å². The van der Waals surface area contributed by atoms with E-state index in [1.807, 2.05) is 24.3 Å². The topological polar surface area (TPSA) is 81.5 Å². The van der Waals surface area contributed by atoms with E-state index < -0.39 is 4.92 Å². The number of hydrogen-bond donors (Lipinski definition) is 1. The summed E-state index contributed by atoms with van der Waals surface area (Å²) in [5.41, 5.74) is 7.29. The number of nitro groups is 1. The van der Waals surface area contributed by atoms with Gasteiger partial charge in [-0.25, -0.2) is 4.99 Å². The Kier molecular flexibility index (Phi) is 5.05. The summed E-state index contributed by atoms with van der Waals surface area (Å²) in [6.07, 6.45) is 3.29. The van der Waals surface area contributed by atoms with Crippen LogP contribution in [0.25, 0.3) is 0 Å². The van der Waals surface area contributed by atoms with Gasteiger partial charge < -0.3 is 5.73 Å². The highest BCUT2D eigenvalue weighted by atomic mass is 16.6. The molecular formula is C13H17N3O2. The first-order valence-corrected chi connectivity index (χ1v) is 5.78. The van der Waals surface area contributed by atoms with Gasteiger partial charge in [-0.1, -0.05) is 25.5 Å². The van der Waals surface area contributed by atoms with Gasteiger partial charge in [-0.3, -0.25) is 10.1 Å². The van der Waals surface area contributed by atoms with Gasteiger partial charge >= 0.3 is 5.70 Å². The van der Waals surface area contributed by atoms with Gasteiger partial charge in [-0.2, -0.15) is 0 Å². The molecule has 0 aliphatic heterocycles. The van der Waals surface area contributed by atoms with Crippen LogP contribution in [0.2, 0.25) is 0 Å². The van der Waals surface area contributed by atoms with Crippen molar-refractivity contribution in [3.05, 3.63) is 51.3 Å². The van der Waals surface area contributed by atoms with Crippen molar-refractivity contribution in [2.24, 2.45) is 10.7 Å². The molecule has 0 atom stereocenters. The van der Waals surface area contributed by atoms with E-state index in [9.17, 15) is 10.1 Å². The van der Waals surface area contributed by atoms with Gasteiger partial charge in [-0.15, -0.1) is 0 Å². The molecule has 96 valence electrons. The Labute approximate surface area is 106 Å². The minimum absolute atomic E-state index is 0.145. The van der Waals surface area contributed by atoms with Gasteiger partial charge in [-0.05, 0) is 31.0 Å². The molecule has 5 nitrogen and oxygen atoms in total. The second-order valence-electron chi connectivity index (χ2n) is 4.00. The lowest BCUT2D eigenvalue weighted by Crippen LogP contribution is -2.08.